The topological polar surface area (TPSA) is 64.4 Å². The van der Waals surface area contributed by atoms with Crippen LogP contribution in [0.15, 0.2) is 16.6 Å². The number of rotatable bonds is 6. The van der Waals surface area contributed by atoms with Crippen LogP contribution in [0.25, 0.3) is 0 Å². The van der Waals surface area contributed by atoms with E-state index in [1.54, 1.807) is 7.11 Å². The Morgan fingerprint density at radius 1 is 1.53 bits per heavy atom. The van der Waals surface area contributed by atoms with Gasteiger partial charge in [-0.25, -0.2) is 0 Å². The van der Waals surface area contributed by atoms with Crippen molar-refractivity contribution in [1.29, 1.82) is 0 Å². The third kappa shape index (κ3) is 4.51. The quantitative estimate of drug-likeness (QED) is 0.842. The van der Waals surface area contributed by atoms with Gasteiger partial charge in [-0.1, -0.05) is 35.7 Å². The number of methoxy groups -OCH3 is 1. The zero-order valence-electron chi connectivity index (χ0n) is 11.6. The van der Waals surface area contributed by atoms with Crippen molar-refractivity contribution in [2.75, 3.05) is 12.4 Å². The van der Waals surface area contributed by atoms with E-state index in [1.807, 2.05) is 19.1 Å². The first-order chi connectivity index (χ1) is 8.99. The Morgan fingerprint density at radius 2 is 2.21 bits per heavy atom. The normalized spacial score (nSPS) is 12.1. The van der Waals surface area contributed by atoms with E-state index in [1.165, 1.54) is 0 Å². The number of ether oxygens (including phenoxy) is 1. The lowest BCUT2D eigenvalue weighted by Gasteiger charge is -2.16. The van der Waals surface area contributed by atoms with Gasteiger partial charge in [-0.2, -0.15) is 0 Å². The number of halogens is 1. The molecule has 0 saturated heterocycles. The molecule has 4 nitrogen and oxygen atoms in total. The summed E-state index contributed by atoms with van der Waals surface area (Å²) in [5.74, 6) is 0.458. The van der Waals surface area contributed by atoms with Crippen LogP contribution in [0.3, 0.4) is 0 Å². The summed E-state index contributed by atoms with van der Waals surface area (Å²) in [5.41, 5.74) is 7.48. The van der Waals surface area contributed by atoms with Crippen molar-refractivity contribution in [3.63, 3.8) is 0 Å². The largest absolute Gasteiger partial charge is 0.495 e. The maximum atomic E-state index is 12.0. The van der Waals surface area contributed by atoms with Gasteiger partial charge in [0.25, 0.3) is 0 Å². The van der Waals surface area contributed by atoms with Gasteiger partial charge in [0.1, 0.15) is 5.75 Å². The first-order valence-electron chi connectivity index (χ1n) is 6.40. The lowest BCUT2D eigenvalue weighted by molar-refractivity contribution is -0.117. The molecular formula is C14H21BrN2O2. The van der Waals surface area contributed by atoms with Crippen LogP contribution in [0.1, 0.15) is 31.7 Å². The van der Waals surface area contributed by atoms with E-state index >= 15 is 0 Å². The molecule has 5 heteroatoms. The number of nitrogens with one attached hydrogen (secondary N) is 1. The van der Waals surface area contributed by atoms with Crippen molar-refractivity contribution in [1.82, 2.24) is 0 Å². The van der Waals surface area contributed by atoms with Gasteiger partial charge in [0.2, 0.25) is 5.91 Å². The summed E-state index contributed by atoms with van der Waals surface area (Å²) in [5, 5.41) is 2.86. The summed E-state index contributed by atoms with van der Waals surface area (Å²) in [7, 11) is 1.58. The van der Waals surface area contributed by atoms with E-state index in [9.17, 15) is 4.79 Å². The number of benzene rings is 1. The fourth-order valence-electron chi connectivity index (χ4n) is 1.80. The maximum Gasteiger partial charge on any atom is 0.241 e. The highest BCUT2D eigenvalue weighted by atomic mass is 79.9. The van der Waals surface area contributed by atoms with Crippen molar-refractivity contribution in [2.45, 2.75) is 39.2 Å². The summed E-state index contributed by atoms with van der Waals surface area (Å²) in [6.07, 6.45) is 2.67. The van der Waals surface area contributed by atoms with Crippen LogP contribution in [0.5, 0.6) is 5.75 Å². The predicted octanol–water partition coefficient (Wildman–Crippen LogP) is 3.22. The van der Waals surface area contributed by atoms with Crippen LogP contribution < -0.4 is 15.8 Å². The SMILES string of the molecule is CCCCC(N)C(=O)Nc1c(C)cc(Br)cc1OC. The summed E-state index contributed by atoms with van der Waals surface area (Å²) < 4.78 is 6.20. The average molecular weight is 329 g/mol. The molecule has 1 amide bonds. The molecule has 0 spiro atoms. The highest BCUT2D eigenvalue weighted by molar-refractivity contribution is 9.10. The minimum atomic E-state index is -0.479. The first kappa shape index (κ1) is 16.0. The van der Waals surface area contributed by atoms with E-state index in [-0.39, 0.29) is 5.91 Å². The van der Waals surface area contributed by atoms with Crippen molar-refractivity contribution >= 4 is 27.5 Å². The standard InChI is InChI=1S/C14H21BrN2O2/c1-4-5-6-11(16)14(18)17-13-9(2)7-10(15)8-12(13)19-3/h7-8,11H,4-6,16H2,1-3H3,(H,17,18). The molecule has 0 heterocycles. The van der Waals surface area contributed by atoms with E-state index in [0.717, 1.165) is 22.9 Å². The van der Waals surface area contributed by atoms with Crippen LogP contribution in [-0.4, -0.2) is 19.1 Å². The van der Waals surface area contributed by atoms with E-state index in [2.05, 4.69) is 28.2 Å². The van der Waals surface area contributed by atoms with Gasteiger partial charge < -0.3 is 15.8 Å². The highest BCUT2D eigenvalue weighted by Gasteiger charge is 2.16. The molecule has 1 aromatic rings. The zero-order chi connectivity index (χ0) is 14.4. The van der Waals surface area contributed by atoms with Crippen LogP contribution >= 0.6 is 15.9 Å². The summed E-state index contributed by atoms with van der Waals surface area (Å²) >= 11 is 3.40. The van der Waals surface area contributed by atoms with Crippen LogP contribution in [0.2, 0.25) is 0 Å². The molecule has 3 N–H and O–H groups in total. The Labute approximate surface area is 122 Å². The van der Waals surface area contributed by atoms with Crippen molar-refractivity contribution in [3.8, 4) is 5.75 Å². The number of nitrogens with two attached hydrogens (primary N) is 1. The van der Waals surface area contributed by atoms with Crippen molar-refractivity contribution in [2.24, 2.45) is 5.73 Å². The second kappa shape index (κ2) is 7.50. The van der Waals surface area contributed by atoms with Crippen LogP contribution in [-0.2, 0) is 4.79 Å². The molecule has 1 rings (SSSR count). The number of unbranched alkanes of at least 4 members (excludes halogenated alkanes) is 1. The van der Waals surface area contributed by atoms with E-state index < -0.39 is 6.04 Å². The fourth-order valence-corrected chi connectivity index (χ4v) is 2.36. The molecule has 0 aromatic heterocycles. The first-order valence-corrected chi connectivity index (χ1v) is 7.19. The van der Waals surface area contributed by atoms with Gasteiger partial charge in [-0.15, -0.1) is 0 Å². The van der Waals surface area contributed by atoms with Crippen molar-refractivity contribution < 1.29 is 9.53 Å². The molecule has 1 unspecified atom stereocenters. The van der Waals surface area contributed by atoms with Gasteiger partial charge in [0.15, 0.2) is 0 Å². The lowest BCUT2D eigenvalue weighted by atomic mass is 10.1. The van der Waals surface area contributed by atoms with Gasteiger partial charge in [-0.05, 0) is 31.0 Å². The van der Waals surface area contributed by atoms with Gasteiger partial charge in [-0.3, -0.25) is 4.79 Å². The summed E-state index contributed by atoms with van der Waals surface area (Å²) in [4.78, 5) is 12.0. The van der Waals surface area contributed by atoms with Gasteiger partial charge in [0, 0.05) is 4.47 Å². The Bertz CT molecular complexity index is 449. The Hall–Kier alpha value is -1.07. The molecule has 106 valence electrons. The zero-order valence-corrected chi connectivity index (χ0v) is 13.2. The molecule has 0 radical (unpaired) electrons. The number of anilines is 1. The minimum absolute atomic E-state index is 0.169. The Balaban J connectivity index is 2.84. The Morgan fingerprint density at radius 3 is 2.79 bits per heavy atom. The highest BCUT2D eigenvalue weighted by Crippen LogP contribution is 2.32. The molecule has 0 fully saturated rings. The summed E-state index contributed by atoms with van der Waals surface area (Å²) in [6, 6.07) is 3.27. The molecular weight excluding hydrogens is 308 g/mol. The smallest absolute Gasteiger partial charge is 0.241 e. The summed E-state index contributed by atoms with van der Waals surface area (Å²) in [6.45, 7) is 3.99. The molecule has 0 bridgehead atoms. The molecule has 0 saturated carbocycles. The Kier molecular flexibility index (Phi) is 6.31. The molecule has 19 heavy (non-hydrogen) atoms. The average Bonchev–Trinajstić information content (AvgIpc) is 2.38. The fraction of sp³-hybridized carbons (Fsp3) is 0.500. The third-order valence-corrected chi connectivity index (χ3v) is 3.40. The molecule has 1 aromatic carbocycles. The van der Waals surface area contributed by atoms with Crippen molar-refractivity contribution in [3.05, 3.63) is 22.2 Å². The van der Waals surface area contributed by atoms with E-state index in [0.29, 0.717) is 17.9 Å². The minimum Gasteiger partial charge on any atom is -0.495 e. The number of carbonyl (C=O) groups is 1. The van der Waals surface area contributed by atoms with Crippen LogP contribution in [0, 0.1) is 6.92 Å². The van der Waals surface area contributed by atoms with E-state index in [4.69, 9.17) is 10.5 Å². The molecule has 1 atom stereocenters. The predicted molar refractivity (Wildman–Crippen MR) is 81.6 cm³/mol. The number of aryl methyl sites for hydroxylation is 1. The third-order valence-electron chi connectivity index (χ3n) is 2.94. The lowest BCUT2D eigenvalue weighted by Crippen LogP contribution is -2.35. The van der Waals surface area contributed by atoms with Crippen LogP contribution in [0.4, 0.5) is 5.69 Å². The van der Waals surface area contributed by atoms with Gasteiger partial charge in [0.05, 0.1) is 18.8 Å². The number of carbonyl (C=O) groups excluding carboxylic acids is 1. The number of amides is 1. The number of hydrogen-bond acceptors (Lipinski definition) is 3. The van der Waals surface area contributed by atoms with Gasteiger partial charge >= 0.3 is 0 Å². The second-order valence-corrected chi connectivity index (χ2v) is 5.45. The molecule has 0 aliphatic carbocycles. The maximum absolute atomic E-state index is 12.0. The molecule has 0 aliphatic rings. The number of hydrogen-bond donors (Lipinski definition) is 2. The monoisotopic (exact) mass is 328 g/mol. The molecule has 0 aliphatic heterocycles. The second-order valence-electron chi connectivity index (χ2n) is 4.54.